The van der Waals surface area contributed by atoms with Gasteiger partial charge in [-0.25, -0.2) is 5.43 Å². The zero-order valence-electron chi connectivity index (χ0n) is 16.2. The molecule has 0 aliphatic rings. The molecule has 6 nitrogen and oxygen atoms in total. The predicted molar refractivity (Wildman–Crippen MR) is 113 cm³/mol. The van der Waals surface area contributed by atoms with Gasteiger partial charge in [-0.15, -0.1) is 10.2 Å². The van der Waals surface area contributed by atoms with Crippen molar-refractivity contribution in [3.8, 4) is 11.4 Å². The van der Waals surface area contributed by atoms with Gasteiger partial charge in [0.15, 0.2) is 11.0 Å². The second-order valence-corrected chi connectivity index (χ2v) is 7.25. The largest absolute Gasteiger partial charge is 0.302 e. The highest BCUT2D eigenvalue weighted by Gasteiger charge is 2.14. The molecule has 0 saturated heterocycles. The maximum absolute atomic E-state index is 12.2. The second-order valence-electron chi connectivity index (χ2n) is 6.30. The van der Waals surface area contributed by atoms with Crippen LogP contribution in [0.4, 0.5) is 0 Å². The minimum Gasteiger partial charge on any atom is -0.302 e. The van der Waals surface area contributed by atoms with E-state index in [9.17, 15) is 4.79 Å². The summed E-state index contributed by atoms with van der Waals surface area (Å²) in [4.78, 5) is 12.2. The van der Waals surface area contributed by atoms with Gasteiger partial charge in [0, 0.05) is 12.1 Å². The molecule has 0 saturated carbocycles. The van der Waals surface area contributed by atoms with Gasteiger partial charge in [0.2, 0.25) is 0 Å². The lowest BCUT2D eigenvalue weighted by Crippen LogP contribution is -2.21. The van der Waals surface area contributed by atoms with Gasteiger partial charge in [-0.2, -0.15) is 5.10 Å². The molecular weight excluding hydrogens is 370 g/mol. The molecule has 3 rings (SSSR count). The van der Waals surface area contributed by atoms with Crippen molar-refractivity contribution in [2.24, 2.45) is 5.10 Å². The molecule has 0 radical (unpaired) electrons. The first-order valence-corrected chi connectivity index (χ1v) is 10.1. The third kappa shape index (κ3) is 4.86. The summed E-state index contributed by atoms with van der Waals surface area (Å²) in [6, 6.07) is 17.9. The Balaban J connectivity index is 1.63. The van der Waals surface area contributed by atoms with Gasteiger partial charge >= 0.3 is 0 Å². The number of carbonyl (C=O) groups is 1. The van der Waals surface area contributed by atoms with Crippen molar-refractivity contribution in [2.45, 2.75) is 32.5 Å². The van der Waals surface area contributed by atoms with Crippen molar-refractivity contribution in [3.05, 3.63) is 65.7 Å². The molecule has 1 heterocycles. The van der Waals surface area contributed by atoms with Crippen LogP contribution in [0.3, 0.4) is 0 Å². The van der Waals surface area contributed by atoms with E-state index < -0.39 is 0 Å². The lowest BCUT2D eigenvalue weighted by Gasteiger charge is -2.07. The maximum atomic E-state index is 12.2. The van der Waals surface area contributed by atoms with E-state index >= 15 is 0 Å². The Hall–Kier alpha value is -2.93. The number of rotatable bonds is 7. The molecule has 144 valence electrons. The van der Waals surface area contributed by atoms with Gasteiger partial charge in [0.05, 0.1) is 11.5 Å². The van der Waals surface area contributed by atoms with Crippen molar-refractivity contribution in [1.82, 2.24) is 20.2 Å². The molecule has 3 aromatic rings. The van der Waals surface area contributed by atoms with E-state index in [0.717, 1.165) is 34.4 Å². The summed E-state index contributed by atoms with van der Waals surface area (Å²) in [5.41, 5.74) is 6.55. The van der Waals surface area contributed by atoms with Crippen LogP contribution in [0, 0.1) is 6.92 Å². The van der Waals surface area contributed by atoms with Crippen molar-refractivity contribution < 1.29 is 4.79 Å². The smallest absolute Gasteiger partial charge is 0.250 e. The fraction of sp³-hybridized carbons (Fsp3) is 0.238. The summed E-state index contributed by atoms with van der Waals surface area (Å²) in [5, 5.41) is 13.5. The Kier molecular flexibility index (Phi) is 6.60. The summed E-state index contributed by atoms with van der Waals surface area (Å²) in [6.45, 7) is 6.69. The van der Waals surface area contributed by atoms with Gasteiger partial charge in [-0.3, -0.25) is 4.79 Å². The predicted octanol–water partition coefficient (Wildman–Crippen LogP) is 3.91. The standard InChI is InChI=1S/C21H23N5OS/c1-4-26-20(18-12-10-15(2)11-13-18)24-25-21(26)28-14-19(27)23-22-16(3)17-8-6-5-7-9-17/h5-13H,4,14H2,1-3H3,(H,23,27)/b22-16+. The number of aromatic nitrogens is 3. The number of thioether (sulfide) groups is 1. The molecule has 28 heavy (non-hydrogen) atoms. The van der Waals surface area contributed by atoms with Crippen LogP contribution >= 0.6 is 11.8 Å². The third-order valence-corrected chi connectivity index (χ3v) is 5.18. The molecule has 1 N–H and O–H groups in total. The van der Waals surface area contributed by atoms with E-state index in [4.69, 9.17) is 0 Å². The van der Waals surface area contributed by atoms with E-state index in [1.54, 1.807) is 0 Å². The van der Waals surface area contributed by atoms with Crippen LogP contribution in [0.5, 0.6) is 0 Å². The first kappa shape index (κ1) is 19.8. The van der Waals surface area contributed by atoms with Crippen molar-refractivity contribution in [3.63, 3.8) is 0 Å². The third-order valence-electron chi connectivity index (χ3n) is 4.22. The quantitative estimate of drug-likeness (QED) is 0.375. The zero-order valence-corrected chi connectivity index (χ0v) is 17.0. The lowest BCUT2D eigenvalue weighted by atomic mass is 10.1. The normalized spacial score (nSPS) is 11.5. The van der Waals surface area contributed by atoms with Gasteiger partial charge in [0.1, 0.15) is 0 Å². The Morgan fingerprint density at radius 1 is 1.11 bits per heavy atom. The molecule has 0 unspecified atom stereocenters. The molecule has 0 aliphatic heterocycles. The minimum atomic E-state index is -0.178. The number of benzene rings is 2. The first-order chi connectivity index (χ1) is 13.6. The number of carbonyl (C=O) groups excluding carboxylic acids is 1. The summed E-state index contributed by atoms with van der Waals surface area (Å²) >= 11 is 1.35. The molecule has 7 heteroatoms. The number of hydrogen-bond acceptors (Lipinski definition) is 5. The minimum absolute atomic E-state index is 0.178. The first-order valence-electron chi connectivity index (χ1n) is 9.10. The van der Waals surface area contributed by atoms with Gasteiger partial charge in [0.25, 0.3) is 5.91 Å². The van der Waals surface area contributed by atoms with Crippen LogP contribution < -0.4 is 5.43 Å². The molecule has 1 aromatic heterocycles. The van der Waals surface area contributed by atoms with E-state index in [0.29, 0.717) is 0 Å². The topological polar surface area (TPSA) is 72.2 Å². The van der Waals surface area contributed by atoms with E-state index in [2.05, 4.69) is 39.8 Å². The van der Waals surface area contributed by atoms with Crippen LogP contribution in [0.15, 0.2) is 64.9 Å². The molecule has 2 aromatic carbocycles. The molecule has 0 atom stereocenters. The summed E-state index contributed by atoms with van der Waals surface area (Å²) < 4.78 is 2.01. The average Bonchev–Trinajstić information content (AvgIpc) is 3.14. The fourth-order valence-corrected chi connectivity index (χ4v) is 3.44. The highest BCUT2D eigenvalue weighted by atomic mass is 32.2. The van der Waals surface area contributed by atoms with Crippen LogP contribution in [0.1, 0.15) is 25.0 Å². The molecule has 0 fully saturated rings. The molecule has 0 aliphatic carbocycles. The Bertz CT molecular complexity index is 964. The molecule has 0 bridgehead atoms. The Labute approximate surface area is 169 Å². The van der Waals surface area contributed by atoms with Gasteiger partial charge in [-0.05, 0) is 26.3 Å². The van der Waals surface area contributed by atoms with Gasteiger partial charge < -0.3 is 4.57 Å². The van der Waals surface area contributed by atoms with Crippen LogP contribution in [-0.4, -0.2) is 32.1 Å². The summed E-state index contributed by atoms with van der Waals surface area (Å²) in [5.74, 6) is 0.851. The van der Waals surface area contributed by atoms with Crippen molar-refractivity contribution in [2.75, 3.05) is 5.75 Å². The van der Waals surface area contributed by atoms with E-state index in [1.165, 1.54) is 17.3 Å². The monoisotopic (exact) mass is 393 g/mol. The Morgan fingerprint density at radius 3 is 2.50 bits per heavy atom. The number of nitrogens with one attached hydrogen (secondary N) is 1. The maximum Gasteiger partial charge on any atom is 0.250 e. The SMILES string of the molecule is CCn1c(SCC(=O)N/N=C(\C)c2ccccc2)nnc1-c1ccc(C)cc1. The van der Waals surface area contributed by atoms with Crippen molar-refractivity contribution >= 4 is 23.4 Å². The number of hydrazone groups is 1. The zero-order chi connectivity index (χ0) is 19.9. The number of hydrogen-bond donors (Lipinski definition) is 1. The van der Waals surface area contributed by atoms with Gasteiger partial charge in [-0.1, -0.05) is 71.9 Å². The lowest BCUT2D eigenvalue weighted by molar-refractivity contribution is -0.118. The van der Waals surface area contributed by atoms with E-state index in [-0.39, 0.29) is 11.7 Å². The molecule has 1 amide bonds. The fourth-order valence-electron chi connectivity index (χ4n) is 2.65. The number of nitrogens with zero attached hydrogens (tertiary/aromatic N) is 4. The summed E-state index contributed by atoms with van der Waals surface area (Å²) in [6.07, 6.45) is 0. The molecule has 0 spiro atoms. The van der Waals surface area contributed by atoms with Crippen LogP contribution in [0.2, 0.25) is 0 Å². The second kappa shape index (κ2) is 9.32. The number of aryl methyl sites for hydroxylation is 1. The number of amides is 1. The summed E-state index contributed by atoms with van der Waals surface area (Å²) in [7, 11) is 0. The highest BCUT2D eigenvalue weighted by Crippen LogP contribution is 2.24. The average molecular weight is 394 g/mol. The molecular formula is C21H23N5OS. The highest BCUT2D eigenvalue weighted by molar-refractivity contribution is 7.99. The van der Waals surface area contributed by atoms with Crippen LogP contribution in [-0.2, 0) is 11.3 Å². The van der Waals surface area contributed by atoms with E-state index in [1.807, 2.05) is 60.9 Å². The van der Waals surface area contributed by atoms with Crippen LogP contribution in [0.25, 0.3) is 11.4 Å². The Morgan fingerprint density at radius 2 is 1.82 bits per heavy atom. The van der Waals surface area contributed by atoms with Crippen molar-refractivity contribution in [1.29, 1.82) is 0 Å².